The molecule has 0 atom stereocenters. The predicted octanol–water partition coefficient (Wildman–Crippen LogP) is 0.144. The van der Waals surface area contributed by atoms with Crippen LogP contribution in [0.2, 0.25) is 0 Å². The highest BCUT2D eigenvalue weighted by Crippen LogP contribution is 2.22. The van der Waals surface area contributed by atoms with Crippen LogP contribution in [0.3, 0.4) is 0 Å². The molecule has 2 rings (SSSR count). The van der Waals surface area contributed by atoms with E-state index in [4.69, 9.17) is 9.84 Å². The van der Waals surface area contributed by atoms with E-state index in [1.54, 1.807) is 7.11 Å². The zero-order valence-electron chi connectivity index (χ0n) is 8.96. The van der Waals surface area contributed by atoms with E-state index in [1.807, 2.05) is 11.0 Å². The van der Waals surface area contributed by atoms with Crippen LogP contribution in [0.1, 0.15) is 5.69 Å². The van der Waals surface area contributed by atoms with E-state index in [0.717, 1.165) is 11.5 Å². The Bertz CT molecular complexity index is 391. The van der Waals surface area contributed by atoms with E-state index in [2.05, 4.69) is 9.97 Å². The number of carboxylic acids is 1. The fraction of sp³-hybridized carbons (Fsp3) is 0.500. The second-order valence-corrected chi connectivity index (χ2v) is 3.74. The van der Waals surface area contributed by atoms with Crippen LogP contribution in [-0.2, 0) is 16.1 Å². The van der Waals surface area contributed by atoms with Gasteiger partial charge in [-0.25, -0.2) is 9.97 Å². The molecule has 1 aromatic rings. The highest BCUT2D eigenvalue weighted by Gasteiger charge is 2.33. The van der Waals surface area contributed by atoms with Crippen LogP contribution in [-0.4, -0.2) is 41.2 Å². The van der Waals surface area contributed by atoms with E-state index >= 15 is 0 Å². The molecule has 16 heavy (non-hydrogen) atoms. The van der Waals surface area contributed by atoms with Gasteiger partial charge in [0, 0.05) is 26.3 Å². The van der Waals surface area contributed by atoms with E-state index < -0.39 is 5.97 Å². The zero-order chi connectivity index (χ0) is 11.5. The molecule has 6 heteroatoms. The molecule has 0 amide bonds. The summed E-state index contributed by atoms with van der Waals surface area (Å²) >= 11 is 0. The third kappa shape index (κ3) is 2.11. The summed E-state index contributed by atoms with van der Waals surface area (Å²) in [7, 11) is 1.60. The Morgan fingerprint density at radius 3 is 3.00 bits per heavy atom. The van der Waals surface area contributed by atoms with Crippen molar-refractivity contribution >= 4 is 11.8 Å². The molecule has 0 aromatic carbocycles. The summed E-state index contributed by atoms with van der Waals surface area (Å²) in [4.78, 5) is 20.7. The zero-order valence-corrected chi connectivity index (χ0v) is 8.96. The number of carboxylic acid groups (broad SMARTS) is 1. The first-order chi connectivity index (χ1) is 7.70. The summed E-state index contributed by atoms with van der Waals surface area (Å²) in [6.07, 6.45) is 1.47. The number of methoxy groups -OCH3 is 1. The maximum absolute atomic E-state index is 10.6. The van der Waals surface area contributed by atoms with Gasteiger partial charge in [-0.1, -0.05) is 0 Å². The minimum Gasteiger partial charge on any atom is -0.481 e. The van der Waals surface area contributed by atoms with Crippen molar-refractivity contribution in [3.63, 3.8) is 0 Å². The van der Waals surface area contributed by atoms with Gasteiger partial charge in [0.05, 0.1) is 18.2 Å². The molecule has 0 radical (unpaired) electrons. The molecule has 1 N–H and O–H groups in total. The molecule has 1 saturated heterocycles. The van der Waals surface area contributed by atoms with Crippen molar-refractivity contribution in [1.29, 1.82) is 0 Å². The van der Waals surface area contributed by atoms with Crippen LogP contribution in [0.4, 0.5) is 5.82 Å². The summed E-state index contributed by atoms with van der Waals surface area (Å²) in [6, 6.07) is 1.82. The summed E-state index contributed by atoms with van der Waals surface area (Å²) in [5.74, 6) is -0.261. The number of aromatic nitrogens is 2. The fourth-order valence-electron chi connectivity index (χ4n) is 1.61. The molecule has 6 nitrogen and oxygen atoms in total. The molecule has 1 aliphatic rings. The van der Waals surface area contributed by atoms with Gasteiger partial charge in [0.1, 0.15) is 12.1 Å². The van der Waals surface area contributed by atoms with Gasteiger partial charge in [-0.15, -0.1) is 0 Å². The van der Waals surface area contributed by atoms with Gasteiger partial charge in [-0.3, -0.25) is 4.79 Å². The third-order valence-electron chi connectivity index (χ3n) is 2.56. The molecular formula is C10H13N3O3. The smallest absolute Gasteiger partial charge is 0.310 e. The van der Waals surface area contributed by atoms with E-state index in [9.17, 15) is 4.79 Å². The minimum absolute atomic E-state index is 0.277. The Labute approximate surface area is 92.9 Å². The van der Waals surface area contributed by atoms with Gasteiger partial charge in [0.25, 0.3) is 0 Å². The largest absolute Gasteiger partial charge is 0.481 e. The van der Waals surface area contributed by atoms with E-state index in [-0.39, 0.29) is 5.92 Å². The van der Waals surface area contributed by atoms with Gasteiger partial charge in [-0.05, 0) is 0 Å². The Hall–Kier alpha value is -1.69. The first-order valence-corrected chi connectivity index (χ1v) is 4.98. The first-order valence-electron chi connectivity index (χ1n) is 4.98. The van der Waals surface area contributed by atoms with Crippen molar-refractivity contribution in [3.05, 3.63) is 18.1 Å². The second kappa shape index (κ2) is 4.44. The highest BCUT2D eigenvalue weighted by atomic mass is 16.5. The molecule has 0 saturated carbocycles. The molecule has 0 bridgehead atoms. The minimum atomic E-state index is -0.748. The fourth-order valence-corrected chi connectivity index (χ4v) is 1.61. The topological polar surface area (TPSA) is 75.5 Å². The summed E-state index contributed by atoms with van der Waals surface area (Å²) in [5, 5.41) is 8.76. The van der Waals surface area contributed by atoms with E-state index in [0.29, 0.717) is 19.7 Å². The normalized spacial score (nSPS) is 15.9. The number of ether oxygens (including phenoxy) is 1. The van der Waals surface area contributed by atoms with Gasteiger partial charge in [-0.2, -0.15) is 0 Å². The highest BCUT2D eigenvalue weighted by molar-refractivity contribution is 5.74. The predicted molar refractivity (Wildman–Crippen MR) is 56.1 cm³/mol. The van der Waals surface area contributed by atoms with Crippen molar-refractivity contribution in [1.82, 2.24) is 9.97 Å². The summed E-state index contributed by atoms with van der Waals surface area (Å²) in [5.41, 5.74) is 0.797. The molecule has 1 aromatic heterocycles. The monoisotopic (exact) mass is 223 g/mol. The van der Waals surface area contributed by atoms with E-state index in [1.165, 1.54) is 6.33 Å². The Morgan fingerprint density at radius 1 is 1.62 bits per heavy atom. The van der Waals surface area contributed by atoms with Crippen molar-refractivity contribution in [2.75, 3.05) is 25.1 Å². The quantitative estimate of drug-likeness (QED) is 0.782. The average molecular weight is 223 g/mol. The van der Waals surface area contributed by atoms with Crippen LogP contribution in [0.15, 0.2) is 12.4 Å². The lowest BCUT2D eigenvalue weighted by Gasteiger charge is -2.37. The van der Waals surface area contributed by atoms with Crippen molar-refractivity contribution in [2.24, 2.45) is 5.92 Å². The lowest BCUT2D eigenvalue weighted by atomic mass is 10.0. The van der Waals surface area contributed by atoms with Crippen LogP contribution in [0.25, 0.3) is 0 Å². The SMILES string of the molecule is COCc1cc(N2CC(C(=O)O)C2)ncn1. The van der Waals surface area contributed by atoms with Crippen LogP contribution < -0.4 is 4.90 Å². The lowest BCUT2D eigenvalue weighted by Crippen LogP contribution is -2.50. The van der Waals surface area contributed by atoms with Crippen LogP contribution in [0, 0.1) is 5.92 Å². The molecule has 0 aliphatic carbocycles. The molecule has 0 spiro atoms. The van der Waals surface area contributed by atoms with Crippen LogP contribution in [0.5, 0.6) is 0 Å². The summed E-state index contributed by atoms with van der Waals surface area (Å²) < 4.78 is 4.97. The molecule has 1 fully saturated rings. The second-order valence-electron chi connectivity index (χ2n) is 3.74. The van der Waals surface area contributed by atoms with Crippen LogP contribution >= 0.6 is 0 Å². The number of rotatable bonds is 4. The first kappa shape index (κ1) is 10.8. The number of hydrogen-bond donors (Lipinski definition) is 1. The van der Waals surface area contributed by atoms with Gasteiger partial charge < -0.3 is 14.7 Å². The Balaban J connectivity index is 2.00. The van der Waals surface area contributed by atoms with Crippen molar-refractivity contribution in [3.8, 4) is 0 Å². The lowest BCUT2D eigenvalue weighted by molar-refractivity contribution is -0.142. The molecular weight excluding hydrogens is 210 g/mol. The Morgan fingerprint density at radius 2 is 2.38 bits per heavy atom. The van der Waals surface area contributed by atoms with Gasteiger partial charge in [0.2, 0.25) is 0 Å². The molecule has 2 heterocycles. The molecule has 86 valence electrons. The third-order valence-corrected chi connectivity index (χ3v) is 2.56. The number of anilines is 1. The number of hydrogen-bond acceptors (Lipinski definition) is 5. The van der Waals surface area contributed by atoms with Crippen molar-refractivity contribution < 1.29 is 14.6 Å². The maximum Gasteiger partial charge on any atom is 0.310 e. The summed E-state index contributed by atoms with van der Waals surface area (Å²) in [6.45, 7) is 1.46. The maximum atomic E-state index is 10.6. The standard InChI is InChI=1S/C10H13N3O3/c1-16-5-8-2-9(12-6-11-8)13-3-7(4-13)10(14)15/h2,6-7H,3-5H2,1H3,(H,14,15). The Kier molecular flexibility index (Phi) is 3.00. The molecule has 0 unspecified atom stereocenters. The number of nitrogens with zero attached hydrogens (tertiary/aromatic N) is 3. The van der Waals surface area contributed by atoms with Gasteiger partial charge >= 0.3 is 5.97 Å². The number of carbonyl (C=O) groups is 1. The van der Waals surface area contributed by atoms with Gasteiger partial charge in [0.15, 0.2) is 0 Å². The molecule has 1 aliphatic heterocycles. The average Bonchev–Trinajstić information content (AvgIpc) is 2.15. The van der Waals surface area contributed by atoms with Crippen molar-refractivity contribution in [2.45, 2.75) is 6.61 Å². The number of aliphatic carboxylic acids is 1.